The maximum absolute atomic E-state index is 8.67. The van der Waals surface area contributed by atoms with Crippen molar-refractivity contribution in [1.29, 1.82) is 0 Å². The van der Waals surface area contributed by atoms with Gasteiger partial charge in [-0.1, -0.05) is 25.1 Å². The van der Waals surface area contributed by atoms with Gasteiger partial charge in [-0.3, -0.25) is 0 Å². The topological polar surface area (TPSA) is 70.6 Å². The zero-order valence-electron chi connectivity index (χ0n) is 11.1. The molecular formula is C13H23N3OS. The number of rotatable bonds is 8. The molecule has 1 heterocycles. The fourth-order valence-corrected chi connectivity index (χ4v) is 2.42. The van der Waals surface area contributed by atoms with E-state index in [1.807, 2.05) is 13.8 Å². The Morgan fingerprint density at radius 1 is 1.50 bits per heavy atom. The van der Waals surface area contributed by atoms with Gasteiger partial charge in [-0.2, -0.15) is 0 Å². The lowest BCUT2D eigenvalue weighted by molar-refractivity contribution is 0.304. The van der Waals surface area contributed by atoms with Crippen molar-refractivity contribution in [3.05, 3.63) is 22.4 Å². The quantitative estimate of drug-likeness (QED) is 0.223. The number of amidine groups is 1. The minimum Gasteiger partial charge on any atom is -0.409 e. The fourth-order valence-electron chi connectivity index (χ4n) is 1.71. The van der Waals surface area contributed by atoms with Gasteiger partial charge >= 0.3 is 0 Å². The monoisotopic (exact) mass is 269 g/mol. The number of oxime groups is 1. The molecule has 0 unspecified atom stereocenters. The molecule has 0 saturated heterocycles. The normalized spacial score (nSPS) is 12.9. The SMILES string of the molecule is CC(C)(CCCNCCc1cccs1)C(N)=NO. The second kappa shape index (κ2) is 7.38. The van der Waals surface area contributed by atoms with Crippen LogP contribution in [0, 0.1) is 5.41 Å². The number of hydrogen-bond donors (Lipinski definition) is 3. The highest BCUT2D eigenvalue weighted by Crippen LogP contribution is 2.21. The number of nitrogens with two attached hydrogens (primary N) is 1. The molecule has 1 aromatic rings. The number of nitrogens with zero attached hydrogens (tertiary/aromatic N) is 1. The van der Waals surface area contributed by atoms with Gasteiger partial charge in [-0.25, -0.2) is 0 Å². The highest BCUT2D eigenvalue weighted by Gasteiger charge is 2.22. The molecular weight excluding hydrogens is 246 g/mol. The Morgan fingerprint density at radius 3 is 2.89 bits per heavy atom. The first-order valence-corrected chi connectivity index (χ1v) is 7.15. The van der Waals surface area contributed by atoms with Crippen molar-refractivity contribution in [3.8, 4) is 0 Å². The Morgan fingerprint density at radius 2 is 2.28 bits per heavy atom. The van der Waals surface area contributed by atoms with E-state index in [-0.39, 0.29) is 5.41 Å². The van der Waals surface area contributed by atoms with E-state index in [1.165, 1.54) is 4.88 Å². The Kier molecular flexibility index (Phi) is 6.15. The van der Waals surface area contributed by atoms with Crippen LogP contribution in [-0.2, 0) is 6.42 Å². The molecule has 0 radical (unpaired) electrons. The second-order valence-corrected chi connectivity index (χ2v) is 6.08. The summed E-state index contributed by atoms with van der Waals surface area (Å²) in [6.45, 7) is 5.96. The molecule has 0 fully saturated rings. The van der Waals surface area contributed by atoms with Crippen LogP contribution in [0.25, 0.3) is 0 Å². The zero-order chi connectivity index (χ0) is 13.4. The van der Waals surface area contributed by atoms with Crippen molar-refractivity contribution in [2.45, 2.75) is 33.1 Å². The van der Waals surface area contributed by atoms with E-state index >= 15 is 0 Å². The second-order valence-electron chi connectivity index (χ2n) is 5.05. The van der Waals surface area contributed by atoms with E-state index in [0.29, 0.717) is 5.84 Å². The third-order valence-corrected chi connectivity index (χ3v) is 4.02. The van der Waals surface area contributed by atoms with Crippen LogP contribution in [0.5, 0.6) is 0 Å². The van der Waals surface area contributed by atoms with E-state index in [2.05, 4.69) is 28.0 Å². The Balaban J connectivity index is 2.08. The summed E-state index contributed by atoms with van der Waals surface area (Å²) in [5, 5.41) is 17.3. The van der Waals surface area contributed by atoms with E-state index in [9.17, 15) is 0 Å². The van der Waals surface area contributed by atoms with Crippen LogP contribution in [0.2, 0.25) is 0 Å². The zero-order valence-corrected chi connectivity index (χ0v) is 12.0. The van der Waals surface area contributed by atoms with Gasteiger partial charge in [0.15, 0.2) is 0 Å². The summed E-state index contributed by atoms with van der Waals surface area (Å²) < 4.78 is 0. The van der Waals surface area contributed by atoms with Gasteiger partial charge in [-0.05, 0) is 43.8 Å². The summed E-state index contributed by atoms with van der Waals surface area (Å²) in [6.07, 6.45) is 3.02. The third-order valence-electron chi connectivity index (χ3n) is 3.08. The number of thiophene rings is 1. The molecule has 0 atom stereocenters. The Hall–Kier alpha value is -1.07. The highest BCUT2D eigenvalue weighted by molar-refractivity contribution is 7.09. The van der Waals surface area contributed by atoms with Crippen LogP contribution in [0.4, 0.5) is 0 Å². The van der Waals surface area contributed by atoms with Gasteiger partial charge in [0.05, 0.1) is 0 Å². The molecule has 4 N–H and O–H groups in total. The first-order chi connectivity index (χ1) is 8.56. The summed E-state index contributed by atoms with van der Waals surface area (Å²) in [4.78, 5) is 1.42. The summed E-state index contributed by atoms with van der Waals surface area (Å²) in [5.74, 6) is 0.307. The van der Waals surface area contributed by atoms with Crippen LogP contribution in [0.15, 0.2) is 22.7 Å². The van der Waals surface area contributed by atoms with Crippen molar-refractivity contribution in [3.63, 3.8) is 0 Å². The molecule has 0 spiro atoms. The summed E-state index contributed by atoms with van der Waals surface area (Å²) in [6, 6.07) is 4.24. The van der Waals surface area contributed by atoms with E-state index < -0.39 is 0 Å². The van der Waals surface area contributed by atoms with Crippen molar-refractivity contribution in [2.24, 2.45) is 16.3 Å². The average molecular weight is 269 g/mol. The maximum Gasteiger partial charge on any atom is 0.144 e. The largest absolute Gasteiger partial charge is 0.409 e. The maximum atomic E-state index is 8.67. The minimum absolute atomic E-state index is 0.232. The van der Waals surface area contributed by atoms with Crippen LogP contribution in [-0.4, -0.2) is 24.1 Å². The molecule has 5 heteroatoms. The van der Waals surface area contributed by atoms with Crippen molar-refractivity contribution in [2.75, 3.05) is 13.1 Å². The standard InChI is InChI=1S/C13H23N3OS/c1-13(2,12(14)16-17)7-4-8-15-9-6-11-5-3-10-18-11/h3,5,10,15,17H,4,6-9H2,1-2H3,(H2,14,16). The number of nitrogens with one attached hydrogen (secondary N) is 1. The van der Waals surface area contributed by atoms with E-state index in [0.717, 1.165) is 32.4 Å². The number of hydrogen-bond acceptors (Lipinski definition) is 4. The molecule has 102 valence electrons. The molecule has 0 bridgehead atoms. The van der Waals surface area contributed by atoms with Crippen molar-refractivity contribution < 1.29 is 5.21 Å². The van der Waals surface area contributed by atoms with E-state index in [1.54, 1.807) is 11.3 Å². The highest BCUT2D eigenvalue weighted by atomic mass is 32.1. The Labute approximate surface area is 113 Å². The van der Waals surface area contributed by atoms with Crippen LogP contribution in [0.1, 0.15) is 31.6 Å². The molecule has 18 heavy (non-hydrogen) atoms. The van der Waals surface area contributed by atoms with Gasteiger partial charge in [-0.15, -0.1) is 11.3 Å². The fraction of sp³-hybridized carbons (Fsp3) is 0.615. The van der Waals surface area contributed by atoms with Gasteiger partial charge in [0.25, 0.3) is 0 Å². The van der Waals surface area contributed by atoms with Gasteiger partial charge in [0.2, 0.25) is 0 Å². The van der Waals surface area contributed by atoms with Gasteiger partial charge in [0.1, 0.15) is 5.84 Å². The average Bonchev–Trinajstić information content (AvgIpc) is 2.85. The van der Waals surface area contributed by atoms with E-state index in [4.69, 9.17) is 10.9 Å². The van der Waals surface area contributed by atoms with Crippen LogP contribution in [0.3, 0.4) is 0 Å². The molecule has 0 aliphatic heterocycles. The molecule has 0 aromatic carbocycles. The lowest BCUT2D eigenvalue weighted by Gasteiger charge is -2.22. The van der Waals surface area contributed by atoms with Crippen molar-refractivity contribution in [1.82, 2.24) is 5.32 Å². The minimum atomic E-state index is -0.232. The molecule has 1 aromatic heterocycles. The van der Waals surface area contributed by atoms with Crippen LogP contribution >= 0.6 is 11.3 Å². The van der Waals surface area contributed by atoms with Crippen LogP contribution < -0.4 is 11.1 Å². The summed E-state index contributed by atoms with van der Waals surface area (Å²) >= 11 is 1.80. The lowest BCUT2D eigenvalue weighted by atomic mass is 9.86. The molecule has 0 saturated carbocycles. The molecule has 4 nitrogen and oxygen atoms in total. The van der Waals surface area contributed by atoms with Crippen molar-refractivity contribution >= 4 is 17.2 Å². The molecule has 1 rings (SSSR count). The van der Waals surface area contributed by atoms with Gasteiger partial charge in [0, 0.05) is 10.3 Å². The Bertz CT molecular complexity index is 360. The van der Waals surface area contributed by atoms with Gasteiger partial charge < -0.3 is 16.3 Å². The predicted octanol–water partition coefficient (Wildman–Crippen LogP) is 2.43. The smallest absolute Gasteiger partial charge is 0.144 e. The molecule has 0 amide bonds. The lowest BCUT2D eigenvalue weighted by Crippen LogP contribution is -2.32. The predicted molar refractivity (Wildman–Crippen MR) is 77.3 cm³/mol. The third kappa shape index (κ3) is 5.06. The first-order valence-electron chi connectivity index (χ1n) is 6.27. The first kappa shape index (κ1) is 15.0. The summed E-state index contributed by atoms with van der Waals surface area (Å²) in [7, 11) is 0. The molecule has 0 aliphatic rings. The summed E-state index contributed by atoms with van der Waals surface area (Å²) in [5.41, 5.74) is 5.40. The molecule has 0 aliphatic carbocycles.